The van der Waals surface area contributed by atoms with Crippen LogP contribution in [0.5, 0.6) is 5.75 Å². The van der Waals surface area contributed by atoms with E-state index in [1.54, 1.807) is 6.07 Å². The molecule has 0 amide bonds. The Balaban J connectivity index is 1.94. The molecule has 1 heterocycles. The Bertz CT molecular complexity index is 675. The van der Waals surface area contributed by atoms with Gasteiger partial charge >= 0.3 is 5.97 Å². The Morgan fingerprint density at radius 1 is 1.23 bits per heavy atom. The van der Waals surface area contributed by atoms with Crippen molar-refractivity contribution in [3.05, 3.63) is 35.4 Å². The minimum absolute atomic E-state index is 0.0595. The highest BCUT2D eigenvalue weighted by molar-refractivity contribution is 5.72. The maximum Gasteiger partial charge on any atom is 0.310 e. The lowest BCUT2D eigenvalue weighted by molar-refractivity contribution is -0.144. The molecule has 8 nitrogen and oxygen atoms in total. The fourth-order valence-corrected chi connectivity index (χ4v) is 1.70. The number of nitrogens with zero attached hydrogens (tertiary/aromatic N) is 3. The summed E-state index contributed by atoms with van der Waals surface area (Å²) >= 11 is 0. The summed E-state index contributed by atoms with van der Waals surface area (Å²) in [5, 5.41) is 0. The molecular formula is C13H14FN5O3. The second-order valence-electron chi connectivity index (χ2n) is 4.27. The number of anilines is 2. The summed E-state index contributed by atoms with van der Waals surface area (Å²) in [4.78, 5) is 22.8. The average Bonchev–Trinajstić information content (AvgIpc) is 2.44. The summed E-state index contributed by atoms with van der Waals surface area (Å²) in [6, 6.07) is 4.21. The molecule has 9 heteroatoms. The van der Waals surface area contributed by atoms with Gasteiger partial charge in [-0.2, -0.15) is 15.0 Å². The summed E-state index contributed by atoms with van der Waals surface area (Å²) in [5.41, 5.74) is 11.3. The lowest BCUT2D eigenvalue weighted by atomic mass is 10.1. The molecule has 0 bridgehead atoms. The zero-order valence-electron chi connectivity index (χ0n) is 11.7. The molecule has 0 radical (unpaired) electrons. The van der Waals surface area contributed by atoms with E-state index in [-0.39, 0.29) is 36.5 Å². The van der Waals surface area contributed by atoms with Gasteiger partial charge in [0.2, 0.25) is 11.9 Å². The van der Waals surface area contributed by atoms with Crippen LogP contribution in [-0.4, -0.2) is 28.0 Å². The first-order valence-corrected chi connectivity index (χ1v) is 6.22. The molecule has 0 aliphatic rings. The maximum absolute atomic E-state index is 13.5. The molecule has 0 unspecified atom stereocenters. The van der Waals surface area contributed by atoms with Crippen molar-refractivity contribution < 1.29 is 18.7 Å². The maximum atomic E-state index is 13.5. The van der Waals surface area contributed by atoms with Crippen LogP contribution in [0, 0.1) is 5.82 Å². The van der Waals surface area contributed by atoms with Crippen LogP contribution in [0.1, 0.15) is 11.4 Å². The molecule has 2 aromatic rings. The summed E-state index contributed by atoms with van der Waals surface area (Å²) in [5.74, 6) is -0.994. The van der Waals surface area contributed by atoms with E-state index in [1.165, 1.54) is 19.2 Å². The first-order chi connectivity index (χ1) is 10.5. The molecule has 22 heavy (non-hydrogen) atoms. The number of aromatic nitrogens is 3. The number of rotatable bonds is 5. The monoisotopic (exact) mass is 307 g/mol. The normalized spacial score (nSPS) is 10.3. The van der Waals surface area contributed by atoms with Crippen molar-refractivity contribution in [2.45, 2.75) is 13.0 Å². The molecule has 0 aliphatic heterocycles. The Hall–Kier alpha value is -2.97. The first kappa shape index (κ1) is 15.4. The lowest BCUT2D eigenvalue weighted by Gasteiger charge is -2.06. The number of halogens is 1. The zero-order chi connectivity index (χ0) is 16.1. The molecule has 0 saturated heterocycles. The highest BCUT2D eigenvalue weighted by Crippen LogP contribution is 2.18. The Labute approximate surface area is 125 Å². The minimum Gasteiger partial charge on any atom is -0.494 e. The van der Waals surface area contributed by atoms with Crippen molar-refractivity contribution >= 4 is 17.9 Å². The van der Waals surface area contributed by atoms with Crippen LogP contribution < -0.4 is 16.2 Å². The molecule has 116 valence electrons. The van der Waals surface area contributed by atoms with Crippen LogP contribution >= 0.6 is 0 Å². The third kappa shape index (κ3) is 4.01. The molecule has 4 N–H and O–H groups in total. The van der Waals surface area contributed by atoms with Gasteiger partial charge in [0.15, 0.2) is 24.0 Å². The van der Waals surface area contributed by atoms with Gasteiger partial charge in [-0.1, -0.05) is 6.07 Å². The largest absolute Gasteiger partial charge is 0.494 e. The zero-order valence-corrected chi connectivity index (χ0v) is 11.7. The average molecular weight is 307 g/mol. The van der Waals surface area contributed by atoms with Crippen LogP contribution in [-0.2, 0) is 22.6 Å². The van der Waals surface area contributed by atoms with Gasteiger partial charge < -0.3 is 20.9 Å². The van der Waals surface area contributed by atoms with Gasteiger partial charge in [0.25, 0.3) is 0 Å². The highest BCUT2D eigenvalue weighted by Gasteiger charge is 2.10. The van der Waals surface area contributed by atoms with Crippen molar-refractivity contribution in [2.75, 3.05) is 18.6 Å². The molecule has 0 fully saturated rings. The topological polar surface area (TPSA) is 126 Å². The number of nitrogens with two attached hydrogens (primary N) is 2. The molecule has 0 atom stereocenters. The SMILES string of the molecule is COc1ccc(CC(=O)OCc2nc(N)nc(N)n2)cc1F. The van der Waals surface area contributed by atoms with Gasteiger partial charge in [0.1, 0.15) is 0 Å². The summed E-state index contributed by atoms with van der Waals surface area (Å²) in [6.07, 6.45) is -0.100. The molecule has 1 aromatic heterocycles. The fourth-order valence-electron chi connectivity index (χ4n) is 1.70. The molecule has 1 aromatic carbocycles. The number of hydrogen-bond donors (Lipinski definition) is 2. The van der Waals surface area contributed by atoms with E-state index in [0.717, 1.165) is 0 Å². The number of ether oxygens (including phenoxy) is 2. The van der Waals surface area contributed by atoms with E-state index in [2.05, 4.69) is 15.0 Å². The number of carbonyl (C=O) groups excluding carboxylic acids is 1. The van der Waals surface area contributed by atoms with Crippen LogP contribution in [0.3, 0.4) is 0 Å². The van der Waals surface area contributed by atoms with Crippen LogP contribution in [0.2, 0.25) is 0 Å². The van der Waals surface area contributed by atoms with Gasteiger partial charge in [-0.25, -0.2) is 4.39 Å². The molecule has 0 aliphatic carbocycles. The summed E-state index contributed by atoms with van der Waals surface area (Å²) < 4.78 is 23.3. The molecule has 0 spiro atoms. The van der Waals surface area contributed by atoms with Gasteiger partial charge in [-0.05, 0) is 17.7 Å². The van der Waals surface area contributed by atoms with Crippen molar-refractivity contribution in [1.29, 1.82) is 0 Å². The number of esters is 1. The number of methoxy groups -OCH3 is 1. The molecule has 2 rings (SSSR count). The third-order valence-electron chi connectivity index (χ3n) is 2.64. The van der Waals surface area contributed by atoms with E-state index < -0.39 is 11.8 Å². The van der Waals surface area contributed by atoms with Gasteiger partial charge in [-0.15, -0.1) is 0 Å². The Kier molecular flexibility index (Phi) is 4.66. The highest BCUT2D eigenvalue weighted by atomic mass is 19.1. The second kappa shape index (κ2) is 6.66. The number of carbonyl (C=O) groups is 1. The van der Waals surface area contributed by atoms with E-state index in [1.807, 2.05) is 0 Å². The van der Waals surface area contributed by atoms with Gasteiger partial charge in [0, 0.05) is 0 Å². The van der Waals surface area contributed by atoms with Gasteiger partial charge in [-0.3, -0.25) is 4.79 Å². The van der Waals surface area contributed by atoms with E-state index >= 15 is 0 Å². The van der Waals surface area contributed by atoms with Gasteiger partial charge in [0.05, 0.1) is 13.5 Å². The van der Waals surface area contributed by atoms with E-state index in [0.29, 0.717) is 5.56 Å². The van der Waals surface area contributed by atoms with Crippen molar-refractivity contribution in [1.82, 2.24) is 15.0 Å². The number of hydrogen-bond acceptors (Lipinski definition) is 8. The molecule has 0 saturated carbocycles. The van der Waals surface area contributed by atoms with Crippen molar-refractivity contribution in [3.63, 3.8) is 0 Å². The predicted octanol–water partition coefficient (Wildman–Crippen LogP) is 0.470. The predicted molar refractivity (Wildman–Crippen MR) is 75.1 cm³/mol. The first-order valence-electron chi connectivity index (χ1n) is 6.22. The number of nitrogen functional groups attached to an aromatic ring is 2. The van der Waals surface area contributed by atoms with Crippen LogP contribution in [0.4, 0.5) is 16.3 Å². The van der Waals surface area contributed by atoms with Crippen LogP contribution in [0.25, 0.3) is 0 Å². The lowest BCUT2D eigenvalue weighted by Crippen LogP contribution is -2.12. The van der Waals surface area contributed by atoms with Crippen molar-refractivity contribution in [3.8, 4) is 5.75 Å². The summed E-state index contributed by atoms with van der Waals surface area (Å²) in [6.45, 7) is -0.200. The second-order valence-corrected chi connectivity index (χ2v) is 4.27. The fraction of sp³-hybridized carbons (Fsp3) is 0.231. The Morgan fingerprint density at radius 3 is 2.50 bits per heavy atom. The standard InChI is InChI=1S/C13H14FN5O3/c1-21-9-3-2-7(4-8(9)14)5-11(20)22-6-10-17-12(15)19-13(16)18-10/h2-4H,5-6H2,1H3,(H4,15,16,17,18,19). The van der Waals surface area contributed by atoms with E-state index in [9.17, 15) is 9.18 Å². The third-order valence-corrected chi connectivity index (χ3v) is 2.64. The number of benzene rings is 1. The minimum atomic E-state index is -0.567. The van der Waals surface area contributed by atoms with Crippen LogP contribution in [0.15, 0.2) is 18.2 Å². The van der Waals surface area contributed by atoms with Crippen molar-refractivity contribution in [2.24, 2.45) is 0 Å². The summed E-state index contributed by atoms with van der Waals surface area (Å²) in [7, 11) is 1.36. The quantitative estimate of drug-likeness (QED) is 0.763. The molecular weight excluding hydrogens is 293 g/mol. The van der Waals surface area contributed by atoms with E-state index in [4.69, 9.17) is 20.9 Å². The smallest absolute Gasteiger partial charge is 0.310 e. The Morgan fingerprint density at radius 2 is 1.91 bits per heavy atom.